The summed E-state index contributed by atoms with van der Waals surface area (Å²) >= 11 is 5.23. The smallest absolute Gasteiger partial charge is 0.264 e. The van der Waals surface area contributed by atoms with E-state index in [1.54, 1.807) is 43.5 Å². The predicted molar refractivity (Wildman–Crippen MR) is 123 cm³/mol. The summed E-state index contributed by atoms with van der Waals surface area (Å²) in [5.74, 6) is 0.648. The minimum atomic E-state index is -3.86. The second-order valence-corrected chi connectivity index (χ2v) is 8.66. The Balaban J connectivity index is 1.95. The van der Waals surface area contributed by atoms with Crippen molar-refractivity contribution in [2.75, 3.05) is 54.9 Å². The third kappa shape index (κ3) is 5.53. The van der Waals surface area contributed by atoms with E-state index in [9.17, 15) is 8.42 Å². The Morgan fingerprint density at radius 3 is 2.43 bits per heavy atom. The minimum absolute atomic E-state index is 0.171. The average molecular weight is 451 g/mol. The third-order valence-electron chi connectivity index (χ3n) is 4.54. The number of hydrogen-bond donors (Lipinski definition) is 3. The first-order valence-corrected chi connectivity index (χ1v) is 11.5. The predicted octanol–water partition coefficient (Wildman–Crippen LogP) is 2.64. The van der Waals surface area contributed by atoms with E-state index in [2.05, 4.69) is 15.4 Å². The lowest BCUT2D eigenvalue weighted by molar-refractivity contribution is 0.122. The quantitative estimate of drug-likeness (QED) is 0.555. The van der Waals surface area contributed by atoms with Crippen molar-refractivity contribution in [3.63, 3.8) is 0 Å². The van der Waals surface area contributed by atoms with Crippen molar-refractivity contribution in [2.45, 2.75) is 11.8 Å². The van der Waals surface area contributed by atoms with E-state index < -0.39 is 10.0 Å². The Morgan fingerprint density at radius 2 is 1.80 bits per heavy atom. The summed E-state index contributed by atoms with van der Waals surface area (Å²) in [7, 11) is -2.30. The van der Waals surface area contributed by atoms with E-state index in [-0.39, 0.29) is 4.90 Å². The van der Waals surface area contributed by atoms with Gasteiger partial charge in [0.1, 0.15) is 10.6 Å². The van der Waals surface area contributed by atoms with Gasteiger partial charge in [0.05, 0.1) is 26.0 Å². The number of nitrogens with one attached hydrogen (secondary N) is 3. The third-order valence-corrected chi connectivity index (χ3v) is 6.20. The number of rotatable bonds is 7. The van der Waals surface area contributed by atoms with Gasteiger partial charge in [0.2, 0.25) is 0 Å². The summed E-state index contributed by atoms with van der Waals surface area (Å²) in [5.41, 5.74) is 1.66. The molecule has 162 valence electrons. The van der Waals surface area contributed by atoms with Gasteiger partial charge in [-0.25, -0.2) is 8.42 Å². The molecule has 1 saturated heterocycles. The molecule has 0 aliphatic carbocycles. The maximum atomic E-state index is 13.3. The lowest BCUT2D eigenvalue weighted by Gasteiger charge is -2.30. The molecule has 0 saturated carbocycles. The highest BCUT2D eigenvalue weighted by atomic mass is 32.2. The van der Waals surface area contributed by atoms with Crippen LogP contribution in [-0.4, -0.2) is 53.5 Å². The van der Waals surface area contributed by atoms with Gasteiger partial charge < -0.3 is 25.0 Å². The first kappa shape index (κ1) is 22.1. The summed E-state index contributed by atoms with van der Waals surface area (Å²) in [5, 5.41) is 6.46. The number of hydrogen-bond acceptors (Lipinski definition) is 6. The minimum Gasteiger partial charge on any atom is -0.497 e. The second kappa shape index (κ2) is 9.96. The van der Waals surface area contributed by atoms with Gasteiger partial charge in [-0.2, -0.15) is 0 Å². The Kier molecular flexibility index (Phi) is 7.35. The van der Waals surface area contributed by atoms with E-state index >= 15 is 0 Å². The molecule has 10 heteroatoms. The van der Waals surface area contributed by atoms with Crippen LogP contribution in [0.25, 0.3) is 0 Å². The van der Waals surface area contributed by atoms with Crippen LogP contribution in [0.15, 0.2) is 47.4 Å². The molecule has 1 fully saturated rings. The van der Waals surface area contributed by atoms with Gasteiger partial charge in [0.15, 0.2) is 5.11 Å². The number of methoxy groups -OCH3 is 1. The molecule has 30 heavy (non-hydrogen) atoms. The molecule has 0 radical (unpaired) electrons. The van der Waals surface area contributed by atoms with Crippen LogP contribution in [0, 0.1) is 0 Å². The molecule has 1 aliphatic rings. The van der Waals surface area contributed by atoms with Gasteiger partial charge in [0, 0.05) is 31.0 Å². The molecule has 2 aromatic rings. The molecule has 0 amide bonds. The number of nitrogens with zero attached hydrogens (tertiary/aromatic N) is 1. The number of morpholine rings is 1. The van der Waals surface area contributed by atoms with E-state index in [1.165, 1.54) is 0 Å². The van der Waals surface area contributed by atoms with Crippen LogP contribution in [0.4, 0.5) is 17.1 Å². The molecule has 0 atom stereocenters. The van der Waals surface area contributed by atoms with Crippen molar-refractivity contribution in [1.82, 2.24) is 5.32 Å². The molecule has 0 spiro atoms. The summed E-state index contributed by atoms with van der Waals surface area (Å²) in [6, 6.07) is 11.9. The maximum absolute atomic E-state index is 13.3. The zero-order chi connectivity index (χ0) is 21.6. The van der Waals surface area contributed by atoms with Gasteiger partial charge >= 0.3 is 0 Å². The van der Waals surface area contributed by atoms with E-state index in [0.717, 1.165) is 0 Å². The molecule has 0 bridgehead atoms. The van der Waals surface area contributed by atoms with E-state index in [4.69, 9.17) is 21.7 Å². The van der Waals surface area contributed by atoms with Crippen LogP contribution in [0.5, 0.6) is 5.75 Å². The molecule has 2 aromatic carbocycles. The van der Waals surface area contributed by atoms with Crippen LogP contribution in [0.1, 0.15) is 6.92 Å². The van der Waals surface area contributed by atoms with Crippen molar-refractivity contribution in [2.24, 2.45) is 0 Å². The molecule has 3 N–H and O–H groups in total. The van der Waals surface area contributed by atoms with Gasteiger partial charge in [-0.1, -0.05) is 0 Å². The Bertz CT molecular complexity index is 975. The summed E-state index contributed by atoms with van der Waals surface area (Å²) in [6.45, 7) is 4.94. The fraction of sp³-hybridized carbons (Fsp3) is 0.350. The van der Waals surface area contributed by atoms with Gasteiger partial charge in [-0.05, 0) is 61.6 Å². The summed E-state index contributed by atoms with van der Waals surface area (Å²) < 4.78 is 39.8. The number of benzene rings is 2. The van der Waals surface area contributed by atoms with Crippen molar-refractivity contribution in [3.8, 4) is 5.75 Å². The molecule has 8 nitrogen and oxygen atoms in total. The van der Waals surface area contributed by atoms with Crippen LogP contribution in [0.3, 0.4) is 0 Å². The van der Waals surface area contributed by atoms with E-state index in [0.29, 0.717) is 60.8 Å². The Hall–Kier alpha value is -2.56. The highest BCUT2D eigenvalue weighted by Crippen LogP contribution is 2.31. The second-order valence-electron chi connectivity index (χ2n) is 6.60. The lowest BCUT2D eigenvalue weighted by atomic mass is 10.2. The van der Waals surface area contributed by atoms with Gasteiger partial charge in [0.25, 0.3) is 10.0 Å². The maximum Gasteiger partial charge on any atom is 0.264 e. The fourth-order valence-electron chi connectivity index (χ4n) is 3.08. The molecule has 0 aromatic heterocycles. The molecular formula is C20H26N4O4S2. The van der Waals surface area contributed by atoms with Crippen LogP contribution < -0.4 is 25.0 Å². The van der Waals surface area contributed by atoms with E-state index in [1.807, 2.05) is 17.9 Å². The molecule has 1 heterocycles. The monoisotopic (exact) mass is 450 g/mol. The zero-order valence-corrected chi connectivity index (χ0v) is 18.6. The van der Waals surface area contributed by atoms with Crippen LogP contribution in [0.2, 0.25) is 0 Å². The molecular weight excluding hydrogens is 424 g/mol. The Labute approximate surface area is 182 Å². The first-order valence-electron chi connectivity index (χ1n) is 9.61. The first-order chi connectivity index (χ1) is 14.4. The number of anilines is 3. The molecule has 0 unspecified atom stereocenters. The standard InChI is InChI=1S/C20H26N4O4S2/c1-3-21-20(29)22-16-6-9-18(24-10-12-28-13-11-24)19(14-16)30(25,26)23-15-4-7-17(27-2)8-5-15/h4-9,14,23H,3,10-13H2,1-2H3,(H2,21,22,29). The van der Waals surface area contributed by atoms with Crippen molar-refractivity contribution in [1.29, 1.82) is 0 Å². The lowest BCUT2D eigenvalue weighted by Crippen LogP contribution is -2.37. The van der Waals surface area contributed by atoms with Crippen molar-refractivity contribution >= 4 is 44.4 Å². The average Bonchev–Trinajstić information content (AvgIpc) is 2.75. The van der Waals surface area contributed by atoms with Crippen LogP contribution >= 0.6 is 12.2 Å². The van der Waals surface area contributed by atoms with Gasteiger partial charge in [-0.3, -0.25) is 4.72 Å². The van der Waals surface area contributed by atoms with Crippen LogP contribution in [-0.2, 0) is 14.8 Å². The van der Waals surface area contributed by atoms with Crippen molar-refractivity contribution in [3.05, 3.63) is 42.5 Å². The van der Waals surface area contributed by atoms with Gasteiger partial charge in [-0.15, -0.1) is 0 Å². The topological polar surface area (TPSA) is 91.9 Å². The SMILES string of the molecule is CCNC(=S)Nc1ccc(N2CCOCC2)c(S(=O)(=O)Nc2ccc(OC)cc2)c1. The summed E-state index contributed by atoms with van der Waals surface area (Å²) in [4.78, 5) is 2.18. The number of sulfonamides is 1. The summed E-state index contributed by atoms with van der Waals surface area (Å²) in [6.07, 6.45) is 0. The fourth-order valence-corrected chi connectivity index (χ4v) is 4.65. The van der Waals surface area contributed by atoms with Crippen molar-refractivity contribution < 1.29 is 17.9 Å². The number of ether oxygens (including phenoxy) is 2. The highest BCUT2D eigenvalue weighted by Gasteiger charge is 2.24. The Morgan fingerprint density at radius 1 is 1.13 bits per heavy atom. The zero-order valence-electron chi connectivity index (χ0n) is 17.0. The largest absolute Gasteiger partial charge is 0.497 e. The number of thiocarbonyl (C=S) groups is 1. The molecule has 3 rings (SSSR count). The molecule has 1 aliphatic heterocycles. The normalized spacial score (nSPS) is 14.1. The highest BCUT2D eigenvalue weighted by molar-refractivity contribution is 7.93.